The highest BCUT2D eigenvalue weighted by atomic mass is 32.1. The molecule has 4 rings (SSSR count). The largest absolute Gasteiger partial charge is 0.325 e. The number of thiophene rings is 1. The Morgan fingerprint density at radius 1 is 1.14 bits per heavy atom. The number of carbonyl (C=O) groups is 1. The smallest absolute Gasteiger partial charge is 0.241 e. The van der Waals surface area contributed by atoms with Gasteiger partial charge >= 0.3 is 0 Å². The average molecular weight is 405 g/mol. The summed E-state index contributed by atoms with van der Waals surface area (Å²) in [5.41, 5.74) is 2.71. The molecular formula is C23H24N4OS. The number of hydrogen-bond donors (Lipinski definition) is 1. The summed E-state index contributed by atoms with van der Waals surface area (Å²) in [5, 5.41) is 15.5. The first-order valence-corrected chi connectivity index (χ1v) is 10.7. The molecule has 1 atom stereocenters. The van der Waals surface area contributed by atoms with Gasteiger partial charge < -0.3 is 5.32 Å². The molecule has 148 valence electrons. The van der Waals surface area contributed by atoms with Gasteiger partial charge in [-0.15, -0.1) is 11.3 Å². The van der Waals surface area contributed by atoms with E-state index in [9.17, 15) is 4.79 Å². The molecule has 3 aromatic rings. The van der Waals surface area contributed by atoms with Crippen molar-refractivity contribution < 1.29 is 4.79 Å². The molecule has 0 aliphatic carbocycles. The van der Waals surface area contributed by atoms with Crippen molar-refractivity contribution in [1.82, 2.24) is 9.80 Å². The van der Waals surface area contributed by atoms with E-state index in [4.69, 9.17) is 5.26 Å². The molecule has 1 amide bonds. The van der Waals surface area contributed by atoms with Crippen molar-refractivity contribution in [3.05, 3.63) is 65.0 Å². The van der Waals surface area contributed by atoms with Crippen molar-refractivity contribution in [2.24, 2.45) is 0 Å². The minimum Gasteiger partial charge on any atom is -0.325 e. The lowest BCUT2D eigenvalue weighted by atomic mass is 10.1. The van der Waals surface area contributed by atoms with E-state index in [1.54, 1.807) is 24.3 Å². The lowest BCUT2D eigenvalue weighted by Crippen LogP contribution is -2.52. The van der Waals surface area contributed by atoms with E-state index in [1.807, 2.05) is 18.3 Å². The molecule has 6 heteroatoms. The van der Waals surface area contributed by atoms with Gasteiger partial charge in [0.05, 0.1) is 17.7 Å². The van der Waals surface area contributed by atoms with Crippen molar-refractivity contribution in [2.75, 3.05) is 31.5 Å². The Kier molecular flexibility index (Phi) is 5.91. The third-order valence-corrected chi connectivity index (χ3v) is 6.58. The summed E-state index contributed by atoms with van der Waals surface area (Å²) in [6.45, 7) is 6.59. The van der Waals surface area contributed by atoms with Gasteiger partial charge in [0.2, 0.25) is 5.91 Å². The highest BCUT2D eigenvalue weighted by Gasteiger charge is 2.26. The van der Waals surface area contributed by atoms with Crippen LogP contribution in [0.25, 0.3) is 10.1 Å². The van der Waals surface area contributed by atoms with Gasteiger partial charge in [0.15, 0.2) is 0 Å². The molecule has 2 aromatic carbocycles. The lowest BCUT2D eigenvalue weighted by molar-refractivity contribution is -0.121. The predicted octanol–water partition coefficient (Wildman–Crippen LogP) is 3.92. The van der Waals surface area contributed by atoms with Crippen LogP contribution in [-0.2, 0) is 11.3 Å². The molecule has 29 heavy (non-hydrogen) atoms. The van der Waals surface area contributed by atoms with Crippen LogP contribution < -0.4 is 5.32 Å². The van der Waals surface area contributed by atoms with Crippen LogP contribution in [0.3, 0.4) is 0 Å². The molecule has 1 fully saturated rings. The lowest BCUT2D eigenvalue weighted by Gasteiger charge is -2.37. The highest BCUT2D eigenvalue weighted by molar-refractivity contribution is 7.17. The van der Waals surface area contributed by atoms with E-state index in [1.165, 1.54) is 15.6 Å². The Hall–Kier alpha value is -2.72. The van der Waals surface area contributed by atoms with Gasteiger partial charge in [0.25, 0.3) is 0 Å². The number of fused-ring (bicyclic) bond motifs is 1. The Bertz CT molecular complexity index is 1030. The fraction of sp³-hybridized carbons (Fsp3) is 0.304. The molecule has 0 saturated carbocycles. The molecule has 1 aliphatic rings. The van der Waals surface area contributed by atoms with Gasteiger partial charge in [-0.25, -0.2) is 0 Å². The van der Waals surface area contributed by atoms with Gasteiger partial charge in [-0.05, 0) is 53.6 Å². The number of benzene rings is 2. The minimum absolute atomic E-state index is 0.00742. The van der Waals surface area contributed by atoms with Crippen LogP contribution in [0.2, 0.25) is 0 Å². The average Bonchev–Trinajstić information content (AvgIpc) is 3.17. The SMILES string of the molecule is CC(C(=O)Nc1ccc(C#N)cc1)N1CCN(Cc2csc3ccccc23)CC1. The molecule has 1 aliphatic heterocycles. The summed E-state index contributed by atoms with van der Waals surface area (Å²) in [4.78, 5) is 17.3. The predicted molar refractivity (Wildman–Crippen MR) is 118 cm³/mol. The van der Waals surface area contributed by atoms with E-state index in [-0.39, 0.29) is 11.9 Å². The highest BCUT2D eigenvalue weighted by Crippen LogP contribution is 2.27. The van der Waals surface area contributed by atoms with Crippen molar-refractivity contribution in [1.29, 1.82) is 5.26 Å². The summed E-state index contributed by atoms with van der Waals surface area (Å²) in [5.74, 6) is -0.00742. The number of amides is 1. The quantitative estimate of drug-likeness (QED) is 0.700. The molecule has 2 heterocycles. The molecule has 0 radical (unpaired) electrons. The number of anilines is 1. The Labute approximate surface area is 175 Å². The zero-order valence-electron chi connectivity index (χ0n) is 16.5. The van der Waals surface area contributed by atoms with Crippen LogP contribution in [0.15, 0.2) is 53.9 Å². The Morgan fingerprint density at radius 2 is 1.86 bits per heavy atom. The zero-order chi connectivity index (χ0) is 20.2. The minimum atomic E-state index is -0.185. The maximum absolute atomic E-state index is 12.6. The molecule has 0 spiro atoms. The third kappa shape index (κ3) is 4.48. The summed E-state index contributed by atoms with van der Waals surface area (Å²) in [6.07, 6.45) is 0. The van der Waals surface area contributed by atoms with Gasteiger partial charge in [-0.2, -0.15) is 5.26 Å². The Balaban J connectivity index is 1.30. The second kappa shape index (κ2) is 8.75. The summed E-state index contributed by atoms with van der Waals surface area (Å²) in [6, 6.07) is 17.4. The van der Waals surface area contributed by atoms with Crippen LogP contribution in [0, 0.1) is 11.3 Å². The number of carbonyl (C=O) groups excluding carboxylic acids is 1. The first-order chi connectivity index (χ1) is 14.1. The zero-order valence-corrected chi connectivity index (χ0v) is 17.3. The van der Waals surface area contributed by atoms with Crippen LogP contribution in [-0.4, -0.2) is 47.9 Å². The van der Waals surface area contributed by atoms with Crippen molar-refractivity contribution in [2.45, 2.75) is 19.5 Å². The van der Waals surface area contributed by atoms with E-state index in [0.717, 1.165) is 38.4 Å². The van der Waals surface area contributed by atoms with Crippen molar-refractivity contribution in [3.8, 4) is 6.07 Å². The first-order valence-electron chi connectivity index (χ1n) is 9.86. The molecule has 1 N–H and O–H groups in total. The fourth-order valence-corrected chi connectivity index (χ4v) is 4.70. The number of nitrogens with one attached hydrogen (secondary N) is 1. The van der Waals surface area contributed by atoms with E-state index >= 15 is 0 Å². The maximum Gasteiger partial charge on any atom is 0.241 e. The second-order valence-corrected chi connectivity index (χ2v) is 8.33. The van der Waals surface area contributed by atoms with E-state index in [0.29, 0.717) is 5.56 Å². The summed E-state index contributed by atoms with van der Waals surface area (Å²) in [7, 11) is 0. The molecular weight excluding hydrogens is 380 g/mol. The fourth-order valence-electron chi connectivity index (χ4n) is 3.75. The number of nitrogens with zero attached hydrogens (tertiary/aromatic N) is 3. The molecule has 1 unspecified atom stereocenters. The summed E-state index contributed by atoms with van der Waals surface area (Å²) < 4.78 is 1.34. The first kappa shape index (κ1) is 19.6. The van der Waals surface area contributed by atoms with E-state index in [2.05, 4.69) is 50.8 Å². The third-order valence-electron chi connectivity index (χ3n) is 5.57. The monoisotopic (exact) mass is 404 g/mol. The van der Waals surface area contributed by atoms with Crippen LogP contribution in [0.1, 0.15) is 18.1 Å². The van der Waals surface area contributed by atoms with Crippen molar-refractivity contribution >= 4 is 33.0 Å². The maximum atomic E-state index is 12.6. The van der Waals surface area contributed by atoms with Gasteiger partial charge in [0.1, 0.15) is 0 Å². The number of rotatable bonds is 5. The van der Waals surface area contributed by atoms with Crippen LogP contribution in [0.5, 0.6) is 0 Å². The van der Waals surface area contributed by atoms with Gasteiger partial charge in [0, 0.05) is 43.1 Å². The van der Waals surface area contributed by atoms with Gasteiger partial charge in [-0.3, -0.25) is 14.6 Å². The molecule has 0 bridgehead atoms. The molecule has 1 saturated heterocycles. The second-order valence-electron chi connectivity index (χ2n) is 7.42. The van der Waals surface area contributed by atoms with Crippen molar-refractivity contribution in [3.63, 3.8) is 0 Å². The standard InChI is InChI=1S/C23H24N4OS/c1-17(23(28)25-20-8-6-18(14-24)7-9-20)27-12-10-26(11-13-27)15-19-16-29-22-5-3-2-4-21(19)22/h2-9,16-17H,10-13,15H2,1H3,(H,25,28). The normalized spacial score (nSPS) is 16.4. The molecule has 5 nitrogen and oxygen atoms in total. The number of piperazine rings is 1. The van der Waals surface area contributed by atoms with Crippen LogP contribution in [0.4, 0.5) is 5.69 Å². The van der Waals surface area contributed by atoms with E-state index < -0.39 is 0 Å². The molecule has 1 aromatic heterocycles. The number of hydrogen-bond acceptors (Lipinski definition) is 5. The topological polar surface area (TPSA) is 59.4 Å². The Morgan fingerprint density at radius 3 is 2.59 bits per heavy atom. The van der Waals surface area contributed by atoms with Crippen LogP contribution >= 0.6 is 11.3 Å². The number of nitriles is 1. The summed E-state index contributed by atoms with van der Waals surface area (Å²) >= 11 is 1.81. The van der Waals surface area contributed by atoms with Gasteiger partial charge in [-0.1, -0.05) is 18.2 Å².